The van der Waals surface area contributed by atoms with Crippen LogP contribution in [0.3, 0.4) is 0 Å². The SMILES string of the molecule is O=C(c1ccc(Cl)cc1Cl)N(CCCl)C1CC1. The number of amides is 1. The van der Waals surface area contributed by atoms with Crippen molar-refractivity contribution < 1.29 is 4.79 Å². The summed E-state index contributed by atoms with van der Waals surface area (Å²) in [6, 6.07) is 5.25. The molecule has 1 aliphatic rings. The molecule has 0 aliphatic heterocycles. The molecule has 17 heavy (non-hydrogen) atoms. The first-order valence-electron chi connectivity index (χ1n) is 5.45. The summed E-state index contributed by atoms with van der Waals surface area (Å²) >= 11 is 17.6. The average Bonchev–Trinajstić information content (AvgIpc) is 3.09. The zero-order chi connectivity index (χ0) is 12.4. The molecule has 0 unspecified atom stereocenters. The Bertz CT molecular complexity index is 432. The molecule has 1 aliphatic carbocycles. The van der Waals surface area contributed by atoms with Crippen molar-refractivity contribution in [1.29, 1.82) is 0 Å². The topological polar surface area (TPSA) is 20.3 Å². The first kappa shape index (κ1) is 13.0. The van der Waals surface area contributed by atoms with Crippen molar-refractivity contribution in [1.82, 2.24) is 4.90 Å². The third-order valence-corrected chi connectivity index (χ3v) is 3.45. The van der Waals surface area contributed by atoms with Crippen molar-refractivity contribution in [2.45, 2.75) is 18.9 Å². The number of benzene rings is 1. The van der Waals surface area contributed by atoms with E-state index in [-0.39, 0.29) is 5.91 Å². The Morgan fingerprint density at radius 3 is 2.59 bits per heavy atom. The van der Waals surface area contributed by atoms with Gasteiger partial charge in [0, 0.05) is 23.5 Å². The lowest BCUT2D eigenvalue weighted by molar-refractivity contribution is 0.0754. The van der Waals surface area contributed by atoms with Crippen molar-refractivity contribution in [3.05, 3.63) is 33.8 Å². The van der Waals surface area contributed by atoms with Gasteiger partial charge in [-0.15, -0.1) is 11.6 Å². The molecule has 0 atom stereocenters. The fourth-order valence-corrected chi connectivity index (χ4v) is 2.42. The lowest BCUT2D eigenvalue weighted by Crippen LogP contribution is -2.34. The van der Waals surface area contributed by atoms with Crippen LogP contribution in [0.5, 0.6) is 0 Å². The smallest absolute Gasteiger partial charge is 0.255 e. The largest absolute Gasteiger partial charge is 0.334 e. The van der Waals surface area contributed by atoms with E-state index in [2.05, 4.69) is 0 Å². The van der Waals surface area contributed by atoms with Crippen molar-refractivity contribution in [2.75, 3.05) is 12.4 Å². The summed E-state index contributed by atoms with van der Waals surface area (Å²) in [5.41, 5.74) is 0.494. The van der Waals surface area contributed by atoms with Crippen LogP contribution in [-0.2, 0) is 0 Å². The second-order valence-electron chi connectivity index (χ2n) is 4.04. The lowest BCUT2D eigenvalue weighted by atomic mass is 10.2. The van der Waals surface area contributed by atoms with E-state index in [4.69, 9.17) is 34.8 Å². The van der Waals surface area contributed by atoms with Gasteiger partial charge in [0.25, 0.3) is 5.91 Å². The van der Waals surface area contributed by atoms with Crippen molar-refractivity contribution in [3.63, 3.8) is 0 Å². The average molecular weight is 293 g/mol. The van der Waals surface area contributed by atoms with Crippen LogP contribution in [0.1, 0.15) is 23.2 Å². The molecule has 0 bridgehead atoms. The first-order valence-corrected chi connectivity index (χ1v) is 6.74. The predicted octanol–water partition coefficient (Wildman–Crippen LogP) is 3.84. The Morgan fingerprint density at radius 2 is 2.06 bits per heavy atom. The molecule has 0 spiro atoms. The molecule has 1 saturated carbocycles. The Morgan fingerprint density at radius 1 is 1.35 bits per heavy atom. The van der Waals surface area contributed by atoms with Crippen molar-refractivity contribution >= 4 is 40.7 Å². The minimum absolute atomic E-state index is 0.0604. The summed E-state index contributed by atoms with van der Waals surface area (Å²) in [5, 5.41) is 0.921. The Labute approximate surface area is 115 Å². The zero-order valence-corrected chi connectivity index (χ0v) is 11.4. The van der Waals surface area contributed by atoms with Gasteiger partial charge in [-0.05, 0) is 31.0 Å². The van der Waals surface area contributed by atoms with E-state index in [1.807, 2.05) is 0 Å². The Hall–Kier alpha value is -0.440. The second kappa shape index (κ2) is 5.47. The molecule has 0 heterocycles. The van der Waals surface area contributed by atoms with Gasteiger partial charge in [0.15, 0.2) is 0 Å². The predicted molar refractivity (Wildman–Crippen MR) is 71.2 cm³/mol. The normalized spacial score (nSPS) is 14.8. The monoisotopic (exact) mass is 291 g/mol. The van der Waals surface area contributed by atoms with Gasteiger partial charge in [-0.1, -0.05) is 23.2 Å². The maximum Gasteiger partial charge on any atom is 0.255 e. The van der Waals surface area contributed by atoms with Crippen molar-refractivity contribution in [3.8, 4) is 0 Å². The highest BCUT2D eigenvalue weighted by atomic mass is 35.5. The molecule has 92 valence electrons. The van der Waals surface area contributed by atoms with E-state index in [1.54, 1.807) is 23.1 Å². The maximum atomic E-state index is 12.3. The fourth-order valence-electron chi connectivity index (χ4n) is 1.74. The Balaban J connectivity index is 2.22. The number of carbonyl (C=O) groups excluding carboxylic acids is 1. The summed E-state index contributed by atoms with van der Waals surface area (Å²) in [7, 11) is 0. The highest BCUT2D eigenvalue weighted by molar-refractivity contribution is 6.36. The lowest BCUT2D eigenvalue weighted by Gasteiger charge is -2.21. The molecule has 2 nitrogen and oxygen atoms in total. The van der Waals surface area contributed by atoms with Crippen LogP contribution in [0.15, 0.2) is 18.2 Å². The number of rotatable bonds is 4. The van der Waals surface area contributed by atoms with Crippen LogP contribution in [0.4, 0.5) is 0 Å². The number of nitrogens with zero attached hydrogens (tertiary/aromatic N) is 1. The molecule has 1 aromatic rings. The number of carbonyl (C=O) groups is 1. The van der Waals surface area contributed by atoms with Gasteiger partial charge >= 0.3 is 0 Å². The fraction of sp³-hybridized carbons (Fsp3) is 0.417. The van der Waals surface area contributed by atoms with Crippen molar-refractivity contribution in [2.24, 2.45) is 0 Å². The van der Waals surface area contributed by atoms with Crippen LogP contribution in [0.25, 0.3) is 0 Å². The second-order valence-corrected chi connectivity index (χ2v) is 5.26. The van der Waals surface area contributed by atoms with E-state index in [9.17, 15) is 4.79 Å². The van der Waals surface area contributed by atoms with Gasteiger partial charge in [0.05, 0.1) is 10.6 Å². The van der Waals surface area contributed by atoms with Crippen LogP contribution in [0, 0.1) is 0 Å². The quantitative estimate of drug-likeness (QED) is 0.772. The van der Waals surface area contributed by atoms with Crippen LogP contribution >= 0.6 is 34.8 Å². The summed E-state index contributed by atoms with van der Waals surface area (Å²) < 4.78 is 0. The summed E-state index contributed by atoms with van der Waals surface area (Å²) in [4.78, 5) is 14.1. The van der Waals surface area contributed by atoms with E-state index < -0.39 is 0 Å². The van der Waals surface area contributed by atoms with E-state index in [0.717, 1.165) is 12.8 Å². The molecule has 0 saturated heterocycles. The minimum atomic E-state index is -0.0604. The molecule has 1 aromatic carbocycles. The van der Waals surface area contributed by atoms with Gasteiger partial charge in [-0.2, -0.15) is 0 Å². The molecule has 0 radical (unpaired) electrons. The molecule has 0 aromatic heterocycles. The van der Waals surface area contributed by atoms with Crippen LogP contribution in [0.2, 0.25) is 10.0 Å². The molecule has 5 heteroatoms. The van der Waals surface area contributed by atoms with Crippen LogP contribution < -0.4 is 0 Å². The maximum absolute atomic E-state index is 12.3. The molecule has 2 rings (SSSR count). The molecular weight excluding hydrogens is 280 g/mol. The standard InChI is InChI=1S/C12H12Cl3NO/c13-5-6-16(9-2-3-9)12(17)10-4-1-8(14)7-11(10)15/h1,4,7,9H,2-3,5-6H2. The molecular formula is C12H12Cl3NO. The number of alkyl halides is 1. The van der Waals surface area contributed by atoms with Crippen LogP contribution in [-0.4, -0.2) is 29.3 Å². The van der Waals surface area contributed by atoms with Gasteiger partial charge in [-0.3, -0.25) is 4.79 Å². The van der Waals surface area contributed by atoms with Gasteiger partial charge < -0.3 is 4.90 Å². The van der Waals surface area contributed by atoms with Gasteiger partial charge in [0.1, 0.15) is 0 Å². The number of hydrogen-bond acceptors (Lipinski definition) is 1. The zero-order valence-electron chi connectivity index (χ0n) is 9.13. The number of halogens is 3. The van der Waals surface area contributed by atoms with E-state index >= 15 is 0 Å². The van der Waals surface area contributed by atoms with E-state index in [1.165, 1.54) is 0 Å². The third kappa shape index (κ3) is 3.06. The minimum Gasteiger partial charge on any atom is -0.334 e. The highest BCUT2D eigenvalue weighted by Crippen LogP contribution is 2.30. The molecule has 1 amide bonds. The summed E-state index contributed by atoms with van der Waals surface area (Å²) in [6.07, 6.45) is 2.10. The highest BCUT2D eigenvalue weighted by Gasteiger charge is 2.33. The Kier molecular flexibility index (Phi) is 4.18. The first-order chi connectivity index (χ1) is 8.13. The van der Waals surface area contributed by atoms with Gasteiger partial charge in [0.2, 0.25) is 0 Å². The molecule has 0 N–H and O–H groups in total. The molecule has 1 fully saturated rings. The summed E-state index contributed by atoms with van der Waals surface area (Å²) in [5.74, 6) is 0.378. The van der Waals surface area contributed by atoms with Gasteiger partial charge in [-0.25, -0.2) is 0 Å². The third-order valence-electron chi connectivity index (χ3n) is 2.74. The number of hydrogen-bond donors (Lipinski definition) is 0. The summed E-state index contributed by atoms with van der Waals surface area (Å²) in [6.45, 7) is 0.560. The van der Waals surface area contributed by atoms with E-state index in [0.29, 0.717) is 34.1 Å².